The lowest BCUT2D eigenvalue weighted by atomic mass is 10.1. The molecule has 0 radical (unpaired) electrons. The molecule has 124 valence electrons. The molecule has 0 spiro atoms. The normalized spacial score (nSPS) is 12.1. The van der Waals surface area contributed by atoms with Gasteiger partial charge in [0.1, 0.15) is 0 Å². The number of rotatable bonds is 5. The first kappa shape index (κ1) is 16.4. The molecule has 0 bridgehead atoms. The first-order chi connectivity index (χ1) is 11.7. The van der Waals surface area contributed by atoms with E-state index in [9.17, 15) is 4.79 Å². The second-order valence-corrected chi connectivity index (χ2v) is 6.44. The van der Waals surface area contributed by atoms with Gasteiger partial charge < -0.3 is 10.1 Å². The zero-order valence-electron chi connectivity index (χ0n) is 13.6. The van der Waals surface area contributed by atoms with Crippen LogP contribution in [-0.4, -0.2) is 18.2 Å². The van der Waals surface area contributed by atoms with E-state index in [1.807, 2.05) is 36.5 Å². The Morgan fingerprint density at radius 2 is 2.08 bits per heavy atom. The third-order valence-electron chi connectivity index (χ3n) is 3.82. The number of fused-ring (bicyclic) bond motifs is 1. The van der Waals surface area contributed by atoms with Crippen molar-refractivity contribution in [1.29, 1.82) is 0 Å². The van der Waals surface area contributed by atoms with Crippen LogP contribution in [0.1, 0.15) is 24.1 Å². The number of nitrogens with zero attached hydrogens (tertiary/aromatic N) is 1. The zero-order valence-corrected chi connectivity index (χ0v) is 14.4. The molecule has 2 N–H and O–H groups in total. The van der Waals surface area contributed by atoms with E-state index < -0.39 is 6.09 Å². The lowest BCUT2D eigenvalue weighted by Gasteiger charge is -2.14. The van der Waals surface area contributed by atoms with E-state index in [0.29, 0.717) is 5.69 Å². The summed E-state index contributed by atoms with van der Waals surface area (Å²) < 4.78 is 5.78. The Bertz CT molecular complexity index is 830. The summed E-state index contributed by atoms with van der Waals surface area (Å²) in [4.78, 5) is 15.6. The molecule has 6 heteroatoms. The molecule has 2 heterocycles. The Morgan fingerprint density at radius 3 is 2.83 bits per heavy atom. The van der Waals surface area contributed by atoms with E-state index in [4.69, 9.17) is 0 Å². The van der Waals surface area contributed by atoms with E-state index >= 15 is 0 Å². The molecule has 1 atom stereocenters. The van der Waals surface area contributed by atoms with Gasteiger partial charge in [0.05, 0.1) is 17.3 Å². The average molecular weight is 341 g/mol. The van der Waals surface area contributed by atoms with Crippen molar-refractivity contribution in [2.45, 2.75) is 19.5 Å². The number of hydrogen-bond acceptors (Lipinski definition) is 5. The number of benzene rings is 1. The van der Waals surface area contributed by atoms with Gasteiger partial charge in [-0.1, -0.05) is 12.1 Å². The van der Waals surface area contributed by atoms with E-state index in [2.05, 4.69) is 38.7 Å². The molecule has 0 aliphatic heterocycles. The number of anilines is 1. The Kier molecular flexibility index (Phi) is 5.08. The summed E-state index contributed by atoms with van der Waals surface area (Å²) >= 11 is 1.71. The standard InChI is InChI=1S/C18H19N3O2S/c1-12(14-9-17-16(20-11-14)7-8-24-17)19-10-13-3-5-15(6-4-13)21-18(22)23-2/h3-9,11-12,19H,10H2,1-2H3,(H,21,22)/t12-/m0/s1. The molecule has 1 aromatic carbocycles. The van der Waals surface area contributed by atoms with Crippen LogP contribution in [0.25, 0.3) is 10.2 Å². The smallest absolute Gasteiger partial charge is 0.411 e. The first-order valence-electron chi connectivity index (χ1n) is 7.66. The fraction of sp³-hybridized carbons (Fsp3) is 0.222. The fourth-order valence-electron chi connectivity index (χ4n) is 2.36. The van der Waals surface area contributed by atoms with Crippen LogP contribution in [0.4, 0.5) is 10.5 Å². The maximum Gasteiger partial charge on any atom is 0.411 e. The van der Waals surface area contributed by atoms with Gasteiger partial charge in [0, 0.05) is 24.5 Å². The van der Waals surface area contributed by atoms with Gasteiger partial charge in [-0.15, -0.1) is 11.3 Å². The van der Waals surface area contributed by atoms with Gasteiger partial charge in [-0.2, -0.15) is 0 Å². The second-order valence-electron chi connectivity index (χ2n) is 5.49. The highest BCUT2D eigenvalue weighted by molar-refractivity contribution is 7.17. The highest BCUT2D eigenvalue weighted by Gasteiger charge is 2.07. The molecule has 0 aliphatic carbocycles. The molecule has 3 rings (SSSR count). The summed E-state index contributed by atoms with van der Waals surface area (Å²) in [5.41, 5.74) is 4.08. The average Bonchev–Trinajstić information content (AvgIpc) is 3.08. The fourth-order valence-corrected chi connectivity index (χ4v) is 3.15. The highest BCUT2D eigenvalue weighted by Crippen LogP contribution is 2.22. The molecule has 0 saturated heterocycles. The SMILES string of the molecule is COC(=O)Nc1ccc(CN[C@@H](C)c2cnc3ccsc3c2)cc1. The summed E-state index contributed by atoms with van der Waals surface area (Å²) in [5.74, 6) is 0. The minimum atomic E-state index is -0.467. The Labute approximate surface area is 144 Å². The van der Waals surface area contributed by atoms with E-state index in [1.54, 1.807) is 11.3 Å². The molecule has 24 heavy (non-hydrogen) atoms. The molecule has 0 aliphatic rings. The lowest BCUT2D eigenvalue weighted by molar-refractivity contribution is 0.187. The summed E-state index contributed by atoms with van der Waals surface area (Å²) in [6.45, 7) is 2.87. The number of nitrogens with one attached hydrogen (secondary N) is 2. The number of methoxy groups -OCH3 is 1. The van der Waals surface area contributed by atoms with Crippen molar-refractivity contribution in [1.82, 2.24) is 10.3 Å². The quantitative estimate of drug-likeness (QED) is 0.725. The molecular formula is C18H19N3O2S. The molecule has 0 unspecified atom stereocenters. The van der Waals surface area contributed by atoms with Gasteiger partial charge in [0.25, 0.3) is 0 Å². The topological polar surface area (TPSA) is 63.2 Å². The molecule has 0 fully saturated rings. The van der Waals surface area contributed by atoms with Crippen molar-refractivity contribution in [3.63, 3.8) is 0 Å². The predicted molar refractivity (Wildman–Crippen MR) is 97.3 cm³/mol. The van der Waals surface area contributed by atoms with Crippen molar-refractivity contribution >= 4 is 33.3 Å². The third kappa shape index (κ3) is 3.90. The molecule has 3 aromatic rings. The number of thiophene rings is 1. The van der Waals surface area contributed by atoms with E-state index in [1.165, 1.54) is 17.4 Å². The van der Waals surface area contributed by atoms with Crippen LogP contribution in [0.5, 0.6) is 0 Å². The minimum absolute atomic E-state index is 0.205. The number of amides is 1. The van der Waals surface area contributed by atoms with Gasteiger partial charge in [0.15, 0.2) is 0 Å². The van der Waals surface area contributed by atoms with Crippen molar-refractivity contribution in [3.05, 3.63) is 59.1 Å². The monoisotopic (exact) mass is 341 g/mol. The van der Waals surface area contributed by atoms with Gasteiger partial charge in [-0.3, -0.25) is 10.3 Å². The molecule has 0 saturated carbocycles. The number of carbonyl (C=O) groups is 1. The highest BCUT2D eigenvalue weighted by atomic mass is 32.1. The maximum atomic E-state index is 11.2. The molecule has 2 aromatic heterocycles. The van der Waals surface area contributed by atoms with Crippen molar-refractivity contribution in [2.75, 3.05) is 12.4 Å². The van der Waals surface area contributed by atoms with Crippen LogP contribution in [0.15, 0.2) is 48.0 Å². The van der Waals surface area contributed by atoms with E-state index in [0.717, 1.165) is 17.6 Å². The molecular weight excluding hydrogens is 322 g/mol. The van der Waals surface area contributed by atoms with Gasteiger partial charge in [0.2, 0.25) is 0 Å². The van der Waals surface area contributed by atoms with Gasteiger partial charge in [-0.05, 0) is 47.7 Å². The lowest BCUT2D eigenvalue weighted by Crippen LogP contribution is -2.18. The molecule has 1 amide bonds. The zero-order chi connectivity index (χ0) is 16.9. The third-order valence-corrected chi connectivity index (χ3v) is 4.68. The number of pyridine rings is 1. The Hall–Kier alpha value is -2.44. The largest absolute Gasteiger partial charge is 0.453 e. The van der Waals surface area contributed by atoms with Crippen LogP contribution >= 0.6 is 11.3 Å². The van der Waals surface area contributed by atoms with Crippen LogP contribution in [0, 0.1) is 0 Å². The van der Waals surface area contributed by atoms with Gasteiger partial charge >= 0.3 is 6.09 Å². The predicted octanol–water partition coefficient (Wildman–Crippen LogP) is 4.33. The van der Waals surface area contributed by atoms with E-state index in [-0.39, 0.29) is 6.04 Å². The first-order valence-corrected chi connectivity index (χ1v) is 8.54. The number of hydrogen-bond donors (Lipinski definition) is 2. The van der Waals surface area contributed by atoms with Crippen LogP contribution in [-0.2, 0) is 11.3 Å². The van der Waals surface area contributed by atoms with Crippen LogP contribution < -0.4 is 10.6 Å². The van der Waals surface area contributed by atoms with Crippen LogP contribution in [0.3, 0.4) is 0 Å². The second kappa shape index (κ2) is 7.42. The summed E-state index contributed by atoms with van der Waals surface area (Å²) in [5, 5.41) is 8.19. The Morgan fingerprint density at radius 1 is 1.29 bits per heavy atom. The summed E-state index contributed by atoms with van der Waals surface area (Å²) in [7, 11) is 1.34. The van der Waals surface area contributed by atoms with Crippen molar-refractivity contribution in [2.24, 2.45) is 0 Å². The minimum Gasteiger partial charge on any atom is -0.453 e. The number of ether oxygens (including phenoxy) is 1. The summed E-state index contributed by atoms with van der Waals surface area (Å²) in [6, 6.07) is 12.1. The Balaban J connectivity index is 1.59. The van der Waals surface area contributed by atoms with Crippen molar-refractivity contribution < 1.29 is 9.53 Å². The molecule has 5 nitrogen and oxygen atoms in total. The number of aromatic nitrogens is 1. The summed E-state index contributed by atoms with van der Waals surface area (Å²) in [6.07, 6.45) is 1.46. The maximum absolute atomic E-state index is 11.2. The number of carbonyl (C=O) groups excluding carboxylic acids is 1. The van der Waals surface area contributed by atoms with Crippen molar-refractivity contribution in [3.8, 4) is 0 Å². The van der Waals surface area contributed by atoms with Crippen LogP contribution in [0.2, 0.25) is 0 Å². The van der Waals surface area contributed by atoms with Gasteiger partial charge in [-0.25, -0.2) is 4.79 Å².